The van der Waals surface area contributed by atoms with Gasteiger partial charge in [0, 0.05) is 34.2 Å². The van der Waals surface area contributed by atoms with E-state index in [0.717, 1.165) is 4.90 Å². The van der Waals surface area contributed by atoms with Crippen LogP contribution in [0.15, 0.2) is 70.7 Å². The number of nitrogens with two attached hydrogens (primary N) is 2. The molecule has 5 N–H and O–H groups in total. The van der Waals surface area contributed by atoms with E-state index in [-0.39, 0.29) is 27.9 Å². The summed E-state index contributed by atoms with van der Waals surface area (Å²) >= 11 is 1.65. The summed E-state index contributed by atoms with van der Waals surface area (Å²) in [6.07, 6.45) is 0.294. The Labute approximate surface area is 179 Å². The van der Waals surface area contributed by atoms with Crippen LogP contribution in [0.5, 0.6) is 0 Å². The maximum absolute atomic E-state index is 12.9. The SMILES string of the molecule is NCCCS(=O)(=O)c1ccc(=c2cccc3c2=NC(=[NH2+])S3)c(=C2N=NN=N2)c1SO. The molecule has 154 valence electrons. The highest BCUT2D eigenvalue weighted by Crippen LogP contribution is 2.25. The fourth-order valence-electron chi connectivity index (χ4n) is 3.16. The van der Waals surface area contributed by atoms with E-state index in [9.17, 15) is 13.0 Å². The van der Waals surface area contributed by atoms with Crippen molar-refractivity contribution < 1.29 is 18.4 Å². The summed E-state index contributed by atoms with van der Waals surface area (Å²) in [5.41, 5.74) is 5.47. The lowest BCUT2D eigenvalue weighted by Gasteiger charge is -2.09. The number of hydrogen-bond acceptors (Lipinski definition) is 10. The van der Waals surface area contributed by atoms with E-state index in [0.29, 0.717) is 44.6 Å². The van der Waals surface area contributed by atoms with Gasteiger partial charge in [0.25, 0.3) is 0 Å². The number of nitrogens with zero attached hydrogens (tertiary/aromatic N) is 5. The lowest BCUT2D eigenvalue weighted by molar-refractivity contribution is -0.109. The highest BCUT2D eigenvalue weighted by atomic mass is 32.2. The van der Waals surface area contributed by atoms with Gasteiger partial charge in [-0.2, -0.15) is 0 Å². The van der Waals surface area contributed by atoms with Crippen molar-refractivity contribution in [3.8, 4) is 0 Å². The minimum atomic E-state index is -3.71. The highest BCUT2D eigenvalue weighted by molar-refractivity contribution is 8.13. The molecule has 2 heterocycles. The highest BCUT2D eigenvalue weighted by Gasteiger charge is 2.24. The van der Waals surface area contributed by atoms with E-state index in [1.165, 1.54) is 17.8 Å². The number of thioether (sulfide) groups is 1. The van der Waals surface area contributed by atoms with Gasteiger partial charge in [-0.05, 0) is 51.8 Å². The van der Waals surface area contributed by atoms with Crippen LogP contribution in [0.2, 0.25) is 0 Å². The molecule has 4 rings (SSSR count). The molecule has 2 aliphatic rings. The van der Waals surface area contributed by atoms with Gasteiger partial charge in [-0.1, -0.05) is 12.1 Å². The topological polar surface area (TPSA) is 168 Å². The molecule has 2 aliphatic heterocycles. The van der Waals surface area contributed by atoms with Crippen LogP contribution in [0.25, 0.3) is 5.82 Å². The summed E-state index contributed by atoms with van der Waals surface area (Å²) in [5, 5.41) is 23.4. The summed E-state index contributed by atoms with van der Waals surface area (Å²) in [5.74, 6) is -0.0514. The van der Waals surface area contributed by atoms with Gasteiger partial charge in [0.1, 0.15) is 0 Å². The normalized spacial score (nSPS) is 16.2. The van der Waals surface area contributed by atoms with Crippen LogP contribution in [-0.4, -0.2) is 30.4 Å². The minimum Gasteiger partial charge on any atom is -0.330 e. The number of sulfone groups is 1. The lowest BCUT2D eigenvalue weighted by atomic mass is 10.1. The van der Waals surface area contributed by atoms with Crippen LogP contribution in [0, 0.1) is 10.4 Å². The fourth-order valence-corrected chi connectivity index (χ4v) is 6.29. The summed E-state index contributed by atoms with van der Waals surface area (Å²) in [4.78, 5) is 5.34. The summed E-state index contributed by atoms with van der Waals surface area (Å²) in [7, 11) is -3.71. The predicted molar refractivity (Wildman–Crippen MR) is 111 cm³/mol. The van der Waals surface area contributed by atoms with Crippen molar-refractivity contribution in [2.75, 3.05) is 12.3 Å². The van der Waals surface area contributed by atoms with Crippen molar-refractivity contribution in [1.82, 2.24) is 0 Å². The molecule has 0 radical (unpaired) electrons. The molecule has 30 heavy (non-hydrogen) atoms. The van der Waals surface area contributed by atoms with E-state index in [1.807, 2.05) is 18.2 Å². The summed E-state index contributed by atoms with van der Waals surface area (Å²) < 4.78 is 35.8. The van der Waals surface area contributed by atoms with Gasteiger partial charge in [-0.15, -0.1) is 10.2 Å². The van der Waals surface area contributed by atoms with Gasteiger partial charge >= 0.3 is 5.17 Å². The number of hydrogen-bond donors (Lipinski definition) is 3. The smallest absolute Gasteiger partial charge is 0.330 e. The van der Waals surface area contributed by atoms with Crippen molar-refractivity contribution in [1.29, 1.82) is 0 Å². The van der Waals surface area contributed by atoms with Crippen LogP contribution in [-0.2, 0) is 9.84 Å². The molecule has 0 saturated heterocycles. The first-order chi connectivity index (χ1) is 14.5. The van der Waals surface area contributed by atoms with Crippen LogP contribution in [0.4, 0.5) is 0 Å². The third kappa shape index (κ3) is 3.70. The molecule has 0 atom stereocenters. The molecule has 10 nitrogen and oxygen atoms in total. The van der Waals surface area contributed by atoms with E-state index < -0.39 is 9.84 Å². The zero-order valence-corrected chi connectivity index (χ0v) is 17.8. The lowest BCUT2D eigenvalue weighted by Crippen LogP contribution is -2.35. The first-order valence-corrected chi connectivity index (χ1v) is 12.0. The third-order valence-electron chi connectivity index (χ3n) is 4.43. The van der Waals surface area contributed by atoms with Crippen molar-refractivity contribution in [3.05, 3.63) is 51.3 Å². The Balaban J connectivity index is 2.22. The van der Waals surface area contributed by atoms with Gasteiger partial charge in [0.2, 0.25) is 5.82 Å². The molecule has 13 heteroatoms. The molecule has 0 amide bonds. The van der Waals surface area contributed by atoms with Gasteiger partial charge in [-0.25, -0.2) is 8.42 Å². The average molecular weight is 463 g/mol. The molecule has 0 unspecified atom stereocenters. The van der Waals surface area contributed by atoms with Gasteiger partial charge in [0.05, 0.1) is 20.4 Å². The summed E-state index contributed by atoms with van der Waals surface area (Å²) in [6, 6.07) is 8.67. The van der Waals surface area contributed by atoms with Gasteiger partial charge in [-0.3, -0.25) is 5.41 Å². The van der Waals surface area contributed by atoms with Gasteiger partial charge < -0.3 is 10.3 Å². The van der Waals surface area contributed by atoms with E-state index in [1.54, 1.807) is 6.07 Å². The van der Waals surface area contributed by atoms with Crippen molar-refractivity contribution in [2.24, 2.45) is 31.4 Å². The number of fused-ring (bicyclic) bond motifs is 1. The van der Waals surface area contributed by atoms with Crippen molar-refractivity contribution in [2.45, 2.75) is 21.1 Å². The minimum absolute atomic E-state index is 0.0306. The number of para-hydroxylation sites is 1. The van der Waals surface area contributed by atoms with Crippen LogP contribution in [0.3, 0.4) is 0 Å². The zero-order chi connectivity index (χ0) is 21.3. The standard InChI is InChI=1S/C17H15N7O3S3/c18-7-2-8-30(26,27)12-6-5-9(13(15(12)29-25)16-21-23-24-22-16)10-3-1-4-11-14(10)20-17(19)28-11/h1,3-6,19,25H,2,7-8,18H2/p+1. The van der Waals surface area contributed by atoms with E-state index >= 15 is 0 Å². The molecular formula is C17H16N7O3S3+. The quantitative estimate of drug-likeness (QED) is 0.543. The first kappa shape index (κ1) is 20.8. The predicted octanol–water partition coefficient (Wildman–Crippen LogP) is 0.400. The molecule has 0 saturated carbocycles. The van der Waals surface area contributed by atoms with Crippen LogP contribution >= 0.6 is 23.8 Å². The maximum Gasteiger partial charge on any atom is 0.355 e. The number of rotatable bonds is 5. The molecule has 0 bridgehead atoms. The zero-order valence-electron chi connectivity index (χ0n) is 15.4. The molecular weight excluding hydrogens is 446 g/mol. The Morgan fingerprint density at radius 2 is 1.90 bits per heavy atom. The molecule has 0 fully saturated rings. The average Bonchev–Trinajstić information content (AvgIpc) is 3.39. The number of benzene rings is 2. The second-order valence-corrected chi connectivity index (χ2v) is 10.0. The molecule has 0 spiro atoms. The molecule has 0 aromatic heterocycles. The molecule has 0 aliphatic carbocycles. The first-order valence-electron chi connectivity index (χ1n) is 8.72. The Hall–Kier alpha value is -2.45. The van der Waals surface area contributed by atoms with E-state index in [2.05, 4.69) is 25.7 Å². The van der Waals surface area contributed by atoms with Crippen molar-refractivity contribution in [3.63, 3.8) is 0 Å². The van der Waals surface area contributed by atoms with Crippen LogP contribution in [0.1, 0.15) is 6.42 Å². The number of amidine groups is 1. The Bertz CT molecular complexity index is 1420. The van der Waals surface area contributed by atoms with Crippen molar-refractivity contribution >= 4 is 44.6 Å². The van der Waals surface area contributed by atoms with Gasteiger partial charge in [0.15, 0.2) is 15.2 Å². The Kier molecular flexibility index (Phi) is 5.79. The second kappa shape index (κ2) is 8.35. The van der Waals surface area contributed by atoms with Crippen LogP contribution < -0.4 is 21.7 Å². The molecule has 2 aromatic rings. The monoisotopic (exact) mass is 462 g/mol. The fraction of sp³-hybridized carbons (Fsp3) is 0.176. The second-order valence-electron chi connectivity index (χ2n) is 6.27. The maximum atomic E-state index is 12.9. The molecule has 2 aromatic carbocycles. The third-order valence-corrected chi connectivity index (χ3v) is 7.86. The van der Waals surface area contributed by atoms with E-state index in [4.69, 9.17) is 11.1 Å². The summed E-state index contributed by atoms with van der Waals surface area (Å²) in [6.45, 7) is 0.235. The Morgan fingerprint density at radius 1 is 1.13 bits per heavy atom. The Morgan fingerprint density at radius 3 is 2.60 bits per heavy atom. The largest absolute Gasteiger partial charge is 0.355 e.